The number of fused-ring (bicyclic) bond motifs is 1. The third kappa shape index (κ3) is 4.82. The second-order valence-corrected chi connectivity index (χ2v) is 6.07. The Balaban J connectivity index is 1.87. The largest absolute Gasteiger partial charge is 0.324 e. The van der Waals surface area contributed by atoms with Crippen molar-refractivity contribution in [2.45, 2.75) is 64.8 Å². The Morgan fingerprint density at radius 3 is 2.57 bits per heavy atom. The van der Waals surface area contributed by atoms with Crippen LogP contribution in [0.25, 0.3) is 10.9 Å². The molecule has 2 rings (SSSR count). The minimum Gasteiger partial charge on any atom is -0.324 e. The van der Waals surface area contributed by atoms with Crippen molar-refractivity contribution in [3.05, 3.63) is 41.6 Å². The van der Waals surface area contributed by atoms with Crippen LogP contribution in [0.15, 0.2) is 30.3 Å². The molecule has 0 saturated carbocycles. The summed E-state index contributed by atoms with van der Waals surface area (Å²) >= 11 is 0. The van der Waals surface area contributed by atoms with Crippen molar-refractivity contribution in [1.29, 1.82) is 0 Å². The molecule has 2 N–H and O–H groups in total. The van der Waals surface area contributed by atoms with Crippen LogP contribution in [-0.4, -0.2) is 4.98 Å². The van der Waals surface area contributed by atoms with Gasteiger partial charge < -0.3 is 5.73 Å². The van der Waals surface area contributed by atoms with Crippen LogP contribution in [0.4, 0.5) is 0 Å². The number of rotatable bonds is 8. The summed E-state index contributed by atoms with van der Waals surface area (Å²) < 4.78 is 0. The van der Waals surface area contributed by atoms with Crippen LogP contribution in [0.5, 0.6) is 0 Å². The predicted molar refractivity (Wildman–Crippen MR) is 91.4 cm³/mol. The van der Waals surface area contributed by atoms with Crippen LogP contribution in [0.3, 0.4) is 0 Å². The molecule has 0 bridgehead atoms. The zero-order valence-electron chi connectivity index (χ0n) is 13.4. The van der Waals surface area contributed by atoms with Crippen molar-refractivity contribution in [2.24, 2.45) is 5.73 Å². The Kier molecular flexibility index (Phi) is 6.19. The second-order valence-electron chi connectivity index (χ2n) is 6.07. The van der Waals surface area contributed by atoms with E-state index in [4.69, 9.17) is 5.73 Å². The van der Waals surface area contributed by atoms with E-state index in [2.05, 4.69) is 42.2 Å². The number of aromatic nitrogens is 1. The van der Waals surface area contributed by atoms with E-state index in [1.54, 1.807) is 0 Å². The van der Waals surface area contributed by atoms with Gasteiger partial charge in [0.1, 0.15) is 0 Å². The summed E-state index contributed by atoms with van der Waals surface area (Å²) in [4.78, 5) is 4.54. The normalized spacial score (nSPS) is 12.7. The highest BCUT2D eigenvalue weighted by atomic mass is 14.7. The Hall–Kier alpha value is -1.41. The van der Waals surface area contributed by atoms with E-state index in [0.717, 1.165) is 17.6 Å². The number of nitrogens with two attached hydrogens (primary N) is 1. The number of benzene rings is 1. The summed E-state index contributed by atoms with van der Waals surface area (Å²) in [5.74, 6) is 0. The van der Waals surface area contributed by atoms with Gasteiger partial charge in [-0.3, -0.25) is 4.98 Å². The lowest BCUT2D eigenvalue weighted by Gasteiger charge is -2.13. The molecule has 114 valence electrons. The number of unbranched alkanes of at least 4 members (excludes halogenated alkanes) is 5. The van der Waals surface area contributed by atoms with Crippen LogP contribution >= 0.6 is 0 Å². The molecule has 2 heteroatoms. The van der Waals surface area contributed by atoms with Crippen LogP contribution in [0.1, 0.15) is 69.2 Å². The van der Waals surface area contributed by atoms with Gasteiger partial charge in [0.05, 0.1) is 5.52 Å². The minimum absolute atomic E-state index is 0.155. The zero-order chi connectivity index (χ0) is 15.1. The molecule has 0 saturated heterocycles. The molecule has 0 fully saturated rings. The quantitative estimate of drug-likeness (QED) is 0.669. The highest BCUT2D eigenvalue weighted by molar-refractivity contribution is 5.79. The lowest BCUT2D eigenvalue weighted by atomic mass is 9.99. The molecule has 1 unspecified atom stereocenters. The number of nitrogens with zero attached hydrogens (tertiary/aromatic N) is 1. The summed E-state index contributed by atoms with van der Waals surface area (Å²) in [6, 6.07) is 10.8. The van der Waals surface area contributed by atoms with Crippen molar-refractivity contribution in [1.82, 2.24) is 4.98 Å². The smallest absolute Gasteiger partial charge is 0.0705 e. The number of hydrogen-bond donors (Lipinski definition) is 1. The van der Waals surface area contributed by atoms with Gasteiger partial charge in [-0.05, 0) is 37.1 Å². The van der Waals surface area contributed by atoms with Crippen molar-refractivity contribution in [3.8, 4) is 0 Å². The molecule has 2 nitrogen and oxygen atoms in total. The van der Waals surface area contributed by atoms with Crippen LogP contribution in [0, 0.1) is 6.92 Å². The first-order valence-electron chi connectivity index (χ1n) is 8.33. The Bertz CT molecular complexity index is 562. The summed E-state index contributed by atoms with van der Waals surface area (Å²) in [6.07, 6.45) is 9.01. The zero-order valence-corrected chi connectivity index (χ0v) is 13.4. The Morgan fingerprint density at radius 2 is 1.76 bits per heavy atom. The van der Waals surface area contributed by atoms with Crippen LogP contribution in [-0.2, 0) is 0 Å². The minimum atomic E-state index is 0.155. The van der Waals surface area contributed by atoms with E-state index in [1.807, 2.05) is 6.92 Å². The first-order chi connectivity index (χ1) is 10.2. The number of pyridine rings is 1. The molecule has 1 aromatic carbocycles. The molecular weight excluding hydrogens is 256 g/mol. The van der Waals surface area contributed by atoms with Gasteiger partial charge in [-0.15, -0.1) is 0 Å². The predicted octanol–water partition coefficient (Wildman–Crippen LogP) is 5.29. The molecule has 0 spiro atoms. The van der Waals surface area contributed by atoms with Gasteiger partial charge in [0.25, 0.3) is 0 Å². The van der Waals surface area contributed by atoms with Gasteiger partial charge in [-0.1, -0.05) is 57.6 Å². The SMILES string of the molecule is CCCCCCCCC(N)c1ccc2nc(C)ccc2c1. The summed E-state index contributed by atoms with van der Waals surface area (Å²) in [5, 5.41) is 1.19. The third-order valence-electron chi connectivity index (χ3n) is 4.15. The molecule has 21 heavy (non-hydrogen) atoms. The van der Waals surface area contributed by atoms with Crippen molar-refractivity contribution in [3.63, 3.8) is 0 Å². The Morgan fingerprint density at radius 1 is 1.00 bits per heavy atom. The number of aryl methyl sites for hydroxylation is 1. The Labute approximate surface area is 128 Å². The molecule has 0 radical (unpaired) electrons. The van der Waals surface area contributed by atoms with Crippen molar-refractivity contribution in [2.75, 3.05) is 0 Å². The molecule has 2 aromatic rings. The highest BCUT2D eigenvalue weighted by Gasteiger charge is 2.07. The van der Waals surface area contributed by atoms with Crippen LogP contribution < -0.4 is 5.73 Å². The van der Waals surface area contributed by atoms with E-state index < -0.39 is 0 Å². The highest BCUT2D eigenvalue weighted by Crippen LogP contribution is 2.22. The van der Waals surface area contributed by atoms with E-state index in [-0.39, 0.29) is 6.04 Å². The maximum absolute atomic E-state index is 6.34. The molecule has 0 aliphatic carbocycles. The van der Waals surface area contributed by atoms with Gasteiger partial charge in [-0.2, -0.15) is 0 Å². The maximum atomic E-state index is 6.34. The van der Waals surface area contributed by atoms with Crippen LogP contribution in [0.2, 0.25) is 0 Å². The maximum Gasteiger partial charge on any atom is 0.0705 e. The molecule has 0 amide bonds. The van der Waals surface area contributed by atoms with Gasteiger partial charge in [-0.25, -0.2) is 0 Å². The van der Waals surface area contributed by atoms with Gasteiger partial charge in [0.15, 0.2) is 0 Å². The summed E-state index contributed by atoms with van der Waals surface area (Å²) in [5.41, 5.74) is 9.70. The molecule has 1 aromatic heterocycles. The van der Waals surface area contributed by atoms with E-state index in [0.29, 0.717) is 0 Å². The average Bonchev–Trinajstić information content (AvgIpc) is 2.50. The average molecular weight is 284 g/mol. The van der Waals surface area contributed by atoms with Gasteiger partial charge in [0.2, 0.25) is 0 Å². The van der Waals surface area contributed by atoms with E-state index in [1.165, 1.54) is 49.5 Å². The molecule has 1 atom stereocenters. The lowest BCUT2D eigenvalue weighted by Crippen LogP contribution is -2.10. The topological polar surface area (TPSA) is 38.9 Å². The molecular formula is C19H28N2. The third-order valence-corrected chi connectivity index (χ3v) is 4.15. The fourth-order valence-electron chi connectivity index (χ4n) is 2.79. The van der Waals surface area contributed by atoms with Gasteiger partial charge in [0, 0.05) is 17.1 Å². The molecule has 1 heterocycles. The first kappa shape index (κ1) is 16.0. The molecule has 0 aliphatic rings. The van der Waals surface area contributed by atoms with E-state index >= 15 is 0 Å². The monoisotopic (exact) mass is 284 g/mol. The van der Waals surface area contributed by atoms with Gasteiger partial charge >= 0.3 is 0 Å². The second kappa shape index (κ2) is 8.14. The lowest BCUT2D eigenvalue weighted by molar-refractivity contribution is 0.547. The standard InChI is InChI=1S/C19H28N2/c1-3-4-5-6-7-8-9-18(20)16-12-13-19-17(14-16)11-10-15(2)21-19/h10-14,18H,3-9,20H2,1-2H3. The fraction of sp³-hybridized carbons (Fsp3) is 0.526. The fourth-order valence-corrected chi connectivity index (χ4v) is 2.79. The van der Waals surface area contributed by atoms with Crippen molar-refractivity contribution >= 4 is 10.9 Å². The summed E-state index contributed by atoms with van der Waals surface area (Å²) in [6.45, 7) is 4.28. The first-order valence-corrected chi connectivity index (χ1v) is 8.33. The van der Waals surface area contributed by atoms with E-state index in [9.17, 15) is 0 Å². The van der Waals surface area contributed by atoms with Crippen molar-refractivity contribution < 1.29 is 0 Å². The molecule has 0 aliphatic heterocycles. The number of hydrogen-bond acceptors (Lipinski definition) is 2. The summed E-state index contributed by atoms with van der Waals surface area (Å²) in [7, 11) is 0.